The van der Waals surface area contributed by atoms with Crippen molar-refractivity contribution in [1.82, 2.24) is 0 Å². The van der Waals surface area contributed by atoms with Gasteiger partial charge in [-0.2, -0.15) is 0 Å². The number of hydrogen-bond acceptors (Lipinski definition) is 3. The van der Waals surface area contributed by atoms with Gasteiger partial charge >= 0.3 is 5.97 Å². The van der Waals surface area contributed by atoms with Gasteiger partial charge in [0.25, 0.3) is 0 Å². The van der Waals surface area contributed by atoms with Crippen molar-refractivity contribution in [3.05, 3.63) is 0 Å². The minimum atomic E-state index is -0.516. The largest absolute Gasteiger partial charge is 0.463 e. The van der Waals surface area contributed by atoms with Crippen LogP contribution in [-0.2, 0) is 9.53 Å². The standard InChI is InChI=1S/C12H24O3/c1-4-7-8-10(5-2)12(14)15-9-11(13)6-3/h10-11,13H,4-9H2,1-3H3. The van der Waals surface area contributed by atoms with Crippen LogP contribution in [0.15, 0.2) is 0 Å². The zero-order chi connectivity index (χ0) is 11.7. The van der Waals surface area contributed by atoms with Crippen LogP contribution < -0.4 is 0 Å². The maximum Gasteiger partial charge on any atom is 0.309 e. The zero-order valence-electron chi connectivity index (χ0n) is 10.2. The summed E-state index contributed by atoms with van der Waals surface area (Å²) in [7, 11) is 0. The topological polar surface area (TPSA) is 46.5 Å². The van der Waals surface area contributed by atoms with Crippen LogP contribution in [-0.4, -0.2) is 23.8 Å². The summed E-state index contributed by atoms with van der Waals surface area (Å²) in [5.41, 5.74) is 0. The van der Waals surface area contributed by atoms with Crippen molar-refractivity contribution in [2.45, 2.75) is 59.0 Å². The van der Waals surface area contributed by atoms with Gasteiger partial charge in [-0.3, -0.25) is 4.79 Å². The zero-order valence-corrected chi connectivity index (χ0v) is 10.2. The van der Waals surface area contributed by atoms with Crippen molar-refractivity contribution in [3.63, 3.8) is 0 Å². The number of esters is 1. The average molecular weight is 216 g/mol. The summed E-state index contributed by atoms with van der Waals surface area (Å²) in [6, 6.07) is 0. The van der Waals surface area contributed by atoms with Crippen LogP contribution in [0.3, 0.4) is 0 Å². The lowest BCUT2D eigenvalue weighted by molar-refractivity contribution is -0.152. The fourth-order valence-electron chi connectivity index (χ4n) is 1.35. The molecule has 0 radical (unpaired) electrons. The Balaban J connectivity index is 3.82. The van der Waals surface area contributed by atoms with Crippen LogP contribution in [0.4, 0.5) is 0 Å². The van der Waals surface area contributed by atoms with Crippen LogP contribution >= 0.6 is 0 Å². The van der Waals surface area contributed by atoms with Crippen LogP contribution in [0, 0.1) is 5.92 Å². The third-order valence-electron chi connectivity index (χ3n) is 2.62. The van der Waals surface area contributed by atoms with Gasteiger partial charge in [0.2, 0.25) is 0 Å². The predicted octanol–water partition coefficient (Wildman–Crippen LogP) is 2.52. The SMILES string of the molecule is CCCCC(CC)C(=O)OCC(O)CC. The fraction of sp³-hybridized carbons (Fsp3) is 0.917. The van der Waals surface area contributed by atoms with Gasteiger partial charge < -0.3 is 9.84 Å². The molecule has 0 spiro atoms. The predicted molar refractivity (Wildman–Crippen MR) is 60.6 cm³/mol. The normalized spacial score (nSPS) is 14.7. The van der Waals surface area contributed by atoms with Gasteiger partial charge in [0.05, 0.1) is 12.0 Å². The molecule has 0 rings (SSSR count). The number of carbonyl (C=O) groups excluding carboxylic acids is 1. The molecule has 0 bridgehead atoms. The summed E-state index contributed by atoms with van der Waals surface area (Å²) in [4.78, 5) is 11.6. The lowest BCUT2D eigenvalue weighted by atomic mass is 10.00. The number of ether oxygens (including phenoxy) is 1. The maximum atomic E-state index is 11.6. The van der Waals surface area contributed by atoms with Crippen LogP contribution in [0.25, 0.3) is 0 Å². The van der Waals surface area contributed by atoms with Crippen LogP contribution in [0.5, 0.6) is 0 Å². The van der Waals surface area contributed by atoms with Crippen molar-refractivity contribution < 1.29 is 14.6 Å². The summed E-state index contributed by atoms with van der Waals surface area (Å²) >= 11 is 0. The molecule has 0 heterocycles. The molecule has 0 amide bonds. The summed E-state index contributed by atoms with van der Waals surface area (Å²) in [5, 5.41) is 9.26. The fourth-order valence-corrected chi connectivity index (χ4v) is 1.35. The molecule has 0 saturated heterocycles. The highest BCUT2D eigenvalue weighted by atomic mass is 16.5. The number of rotatable bonds is 8. The van der Waals surface area contributed by atoms with E-state index in [0.29, 0.717) is 6.42 Å². The lowest BCUT2D eigenvalue weighted by Gasteiger charge is -2.15. The number of unbranched alkanes of at least 4 members (excludes halogenated alkanes) is 1. The van der Waals surface area contributed by atoms with Crippen molar-refractivity contribution in [3.8, 4) is 0 Å². The Bertz CT molecular complexity index is 168. The molecule has 2 atom stereocenters. The molecule has 0 aromatic rings. The number of carbonyl (C=O) groups is 1. The van der Waals surface area contributed by atoms with Crippen LogP contribution in [0.1, 0.15) is 52.9 Å². The van der Waals surface area contributed by atoms with Crippen molar-refractivity contribution in [2.75, 3.05) is 6.61 Å². The monoisotopic (exact) mass is 216 g/mol. The number of aliphatic hydroxyl groups is 1. The third kappa shape index (κ3) is 6.50. The van der Waals surface area contributed by atoms with Crippen molar-refractivity contribution >= 4 is 5.97 Å². The second-order valence-electron chi connectivity index (χ2n) is 3.94. The molecule has 0 saturated carbocycles. The molecule has 0 aromatic heterocycles. The Hall–Kier alpha value is -0.570. The van der Waals surface area contributed by atoms with Gasteiger partial charge in [-0.05, 0) is 19.3 Å². The van der Waals surface area contributed by atoms with E-state index in [1.54, 1.807) is 0 Å². The van der Waals surface area contributed by atoms with Crippen molar-refractivity contribution in [2.24, 2.45) is 5.92 Å². The highest BCUT2D eigenvalue weighted by Crippen LogP contribution is 2.14. The van der Waals surface area contributed by atoms with Gasteiger partial charge in [0, 0.05) is 0 Å². The smallest absolute Gasteiger partial charge is 0.309 e. The highest BCUT2D eigenvalue weighted by molar-refractivity contribution is 5.72. The van der Waals surface area contributed by atoms with E-state index < -0.39 is 6.10 Å². The van der Waals surface area contributed by atoms with Gasteiger partial charge in [0.15, 0.2) is 0 Å². The van der Waals surface area contributed by atoms with E-state index in [0.717, 1.165) is 25.7 Å². The average Bonchev–Trinajstić information content (AvgIpc) is 2.26. The summed E-state index contributed by atoms with van der Waals surface area (Å²) in [6.07, 6.45) is 3.98. The highest BCUT2D eigenvalue weighted by Gasteiger charge is 2.18. The first-order valence-electron chi connectivity index (χ1n) is 6.00. The van der Waals surface area contributed by atoms with E-state index in [-0.39, 0.29) is 18.5 Å². The Morgan fingerprint density at radius 3 is 2.40 bits per heavy atom. The molecule has 90 valence electrons. The van der Waals surface area contributed by atoms with E-state index >= 15 is 0 Å². The molecular formula is C12H24O3. The van der Waals surface area contributed by atoms with E-state index in [1.807, 2.05) is 13.8 Å². The van der Waals surface area contributed by atoms with Gasteiger partial charge in [-0.1, -0.05) is 33.6 Å². The second-order valence-corrected chi connectivity index (χ2v) is 3.94. The molecule has 15 heavy (non-hydrogen) atoms. The molecule has 0 aliphatic rings. The van der Waals surface area contributed by atoms with Gasteiger partial charge in [-0.25, -0.2) is 0 Å². The minimum Gasteiger partial charge on any atom is -0.463 e. The molecule has 0 aliphatic carbocycles. The Morgan fingerprint density at radius 2 is 1.93 bits per heavy atom. The lowest BCUT2D eigenvalue weighted by Crippen LogP contribution is -2.23. The molecular weight excluding hydrogens is 192 g/mol. The maximum absolute atomic E-state index is 11.6. The Morgan fingerprint density at radius 1 is 1.27 bits per heavy atom. The quantitative estimate of drug-likeness (QED) is 0.634. The van der Waals surface area contributed by atoms with Gasteiger partial charge in [0.1, 0.15) is 6.61 Å². The van der Waals surface area contributed by atoms with Gasteiger partial charge in [-0.15, -0.1) is 0 Å². The molecule has 1 N–H and O–H groups in total. The summed E-state index contributed by atoms with van der Waals surface area (Å²) < 4.78 is 5.06. The summed E-state index contributed by atoms with van der Waals surface area (Å²) in [5.74, 6) is -0.146. The molecule has 0 aromatic carbocycles. The van der Waals surface area contributed by atoms with E-state index in [4.69, 9.17) is 4.74 Å². The van der Waals surface area contributed by atoms with E-state index in [9.17, 15) is 9.90 Å². The first-order valence-corrected chi connectivity index (χ1v) is 6.00. The molecule has 2 unspecified atom stereocenters. The molecule has 3 nitrogen and oxygen atoms in total. The first-order chi connectivity index (χ1) is 7.15. The molecule has 3 heteroatoms. The number of hydrogen-bond donors (Lipinski definition) is 1. The van der Waals surface area contributed by atoms with E-state index in [2.05, 4.69) is 6.92 Å². The third-order valence-corrected chi connectivity index (χ3v) is 2.62. The second kappa shape index (κ2) is 8.72. The first kappa shape index (κ1) is 14.4. The van der Waals surface area contributed by atoms with Crippen LogP contribution in [0.2, 0.25) is 0 Å². The summed E-state index contributed by atoms with van der Waals surface area (Å²) in [6.45, 7) is 6.11. The Kier molecular flexibility index (Phi) is 8.38. The Labute approximate surface area is 92.8 Å². The van der Waals surface area contributed by atoms with E-state index in [1.165, 1.54) is 0 Å². The molecule has 0 fully saturated rings. The van der Waals surface area contributed by atoms with Crippen molar-refractivity contribution in [1.29, 1.82) is 0 Å². The minimum absolute atomic E-state index is 0.00834. The molecule has 0 aliphatic heterocycles. The number of aliphatic hydroxyl groups excluding tert-OH is 1.